The van der Waals surface area contributed by atoms with Gasteiger partial charge in [-0.1, -0.05) is 0 Å². The highest BCUT2D eigenvalue weighted by Crippen LogP contribution is 2.21. The van der Waals surface area contributed by atoms with Gasteiger partial charge < -0.3 is 4.74 Å². The Morgan fingerprint density at radius 1 is 1.33 bits per heavy atom. The molecule has 2 aliphatic heterocycles. The molecule has 3 rings (SSSR count). The number of ether oxygens (including phenoxy) is 1. The van der Waals surface area contributed by atoms with Gasteiger partial charge in [0.1, 0.15) is 4.90 Å². The van der Waals surface area contributed by atoms with E-state index in [-0.39, 0.29) is 17.0 Å². The molecule has 3 heterocycles. The molecule has 0 bridgehead atoms. The first-order chi connectivity index (χ1) is 9.99. The molecule has 2 aliphatic rings. The summed E-state index contributed by atoms with van der Waals surface area (Å²) in [7, 11) is -1.82. The summed E-state index contributed by atoms with van der Waals surface area (Å²) in [5, 5.41) is 4.01. The number of hydrogen-bond acceptors (Lipinski definition) is 5. The van der Waals surface area contributed by atoms with Gasteiger partial charge in [-0.15, -0.1) is 0 Å². The maximum absolute atomic E-state index is 12.5. The van der Waals surface area contributed by atoms with Crippen molar-refractivity contribution in [2.45, 2.75) is 36.7 Å². The van der Waals surface area contributed by atoms with Gasteiger partial charge in [-0.05, 0) is 32.9 Å². The zero-order valence-electron chi connectivity index (χ0n) is 12.4. The average molecular weight is 314 g/mol. The third-order valence-electron chi connectivity index (χ3n) is 4.45. The van der Waals surface area contributed by atoms with E-state index in [2.05, 4.69) is 14.7 Å². The van der Waals surface area contributed by atoms with Crippen LogP contribution in [0, 0.1) is 6.92 Å². The maximum Gasteiger partial charge on any atom is 0.244 e. The molecule has 21 heavy (non-hydrogen) atoms. The van der Waals surface area contributed by atoms with Gasteiger partial charge in [-0.3, -0.25) is 9.58 Å². The number of nitrogens with zero attached hydrogens (tertiary/aromatic N) is 3. The van der Waals surface area contributed by atoms with Crippen molar-refractivity contribution in [2.75, 3.05) is 26.3 Å². The van der Waals surface area contributed by atoms with Crippen LogP contribution in [0.1, 0.15) is 18.5 Å². The van der Waals surface area contributed by atoms with E-state index in [1.165, 1.54) is 19.0 Å². The smallest absolute Gasteiger partial charge is 0.244 e. The molecule has 2 unspecified atom stereocenters. The number of hydrogen-bond donors (Lipinski definition) is 1. The van der Waals surface area contributed by atoms with Crippen molar-refractivity contribution in [3.63, 3.8) is 0 Å². The van der Waals surface area contributed by atoms with Crippen LogP contribution < -0.4 is 4.72 Å². The Labute approximate surface area is 125 Å². The maximum atomic E-state index is 12.5. The SMILES string of the molecule is Cc1c(S(=O)(=O)NC2COCC2N2CCCC2)cnn1C. The highest BCUT2D eigenvalue weighted by Gasteiger charge is 2.37. The van der Waals surface area contributed by atoms with Crippen LogP contribution in [0.2, 0.25) is 0 Å². The molecule has 2 atom stereocenters. The summed E-state index contributed by atoms with van der Waals surface area (Å²) in [6.45, 7) is 4.83. The van der Waals surface area contributed by atoms with Crippen LogP contribution in [0.3, 0.4) is 0 Å². The molecule has 8 heteroatoms. The minimum absolute atomic E-state index is 0.138. The zero-order valence-corrected chi connectivity index (χ0v) is 13.3. The van der Waals surface area contributed by atoms with E-state index >= 15 is 0 Å². The van der Waals surface area contributed by atoms with Crippen LogP contribution in [-0.4, -0.2) is 61.5 Å². The van der Waals surface area contributed by atoms with Gasteiger partial charge >= 0.3 is 0 Å². The molecule has 1 aromatic rings. The van der Waals surface area contributed by atoms with E-state index < -0.39 is 10.0 Å². The Hall–Kier alpha value is -0.960. The molecular weight excluding hydrogens is 292 g/mol. The van der Waals surface area contributed by atoms with Crippen LogP contribution in [0.25, 0.3) is 0 Å². The van der Waals surface area contributed by atoms with Crippen molar-refractivity contribution in [1.29, 1.82) is 0 Å². The number of nitrogens with one attached hydrogen (secondary N) is 1. The van der Waals surface area contributed by atoms with Gasteiger partial charge in [0.25, 0.3) is 0 Å². The fourth-order valence-electron chi connectivity index (χ4n) is 3.09. The molecule has 2 fully saturated rings. The quantitative estimate of drug-likeness (QED) is 0.838. The average Bonchev–Trinajstić information content (AvgIpc) is 3.12. The first-order valence-electron chi connectivity index (χ1n) is 7.32. The standard InChI is InChI=1S/C13H22N4O3S/c1-10-13(7-14-16(10)2)21(18,19)15-11-8-20-9-12(11)17-5-3-4-6-17/h7,11-12,15H,3-6,8-9H2,1-2H3. The van der Waals surface area contributed by atoms with E-state index in [0.29, 0.717) is 18.9 Å². The highest BCUT2D eigenvalue weighted by molar-refractivity contribution is 7.89. The minimum Gasteiger partial charge on any atom is -0.378 e. The van der Waals surface area contributed by atoms with Crippen molar-refractivity contribution in [3.8, 4) is 0 Å². The first-order valence-corrected chi connectivity index (χ1v) is 8.80. The molecule has 0 aromatic carbocycles. The Bertz CT molecular complexity index is 607. The summed E-state index contributed by atoms with van der Waals surface area (Å²) >= 11 is 0. The number of sulfonamides is 1. The third kappa shape index (κ3) is 2.85. The Morgan fingerprint density at radius 2 is 2.05 bits per heavy atom. The van der Waals surface area contributed by atoms with E-state index in [9.17, 15) is 8.42 Å². The second-order valence-corrected chi connectivity index (χ2v) is 7.48. The molecule has 0 aliphatic carbocycles. The molecule has 1 aromatic heterocycles. The summed E-state index contributed by atoms with van der Waals surface area (Å²) in [5.74, 6) is 0. The Kier molecular flexibility index (Phi) is 4.04. The van der Waals surface area contributed by atoms with E-state index in [4.69, 9.17) is 4.74 Å². The molecule has 118 valence electrons. The molecule has 0 saturated carbocycles. The van der Waals surface area contributed by atoms with Crippen LogP contribution in [0.4, 0.5) is 0 Å². The molecule has 2 saturated heterocycles. The highest BCUT2D eigenvalue weighted by atomic mass is 32.2. The lowest BCUT2D eigenvalue weighted by atomic mass is 10.1. The van der Waals surface area contributed by atoms with Crippen molar-refractivity contribution < 1.29 is 13.2 Å². The fraction of sp³-hybridized carbons (Fsp3) is 0.769. The van der Waals surface area contributed by atoms with Crippen LogP contribution in [0.5, 0.6) is 0 Å². The van der Waals surface area contributed by atoms with Crippen LogP contribution >= 0.6 is 0 Å². The van der Waals surface area contributed by atoms with E-state index in [1.54, 1.807) is 18.7 Å². The summed E-state index contributed by atoms with van der Waals surface area (Å²) in [6.07, 6.45) is 3.76. The largest absolute Gasteiger partial charge is 0.378 e. The second kappa shape index (κ2) is 5.68. The predicted octanol–water partition coefficient (Wildman–Crippen LogP) is -0.130. The second-order valence-electron chi connectivity index (χ2n) is 5.79. The van der Waals surface area contributed by atoms with Crippen LogP contribution in [-0.2, 0) is 21.8 Å². The summed E-state index contributed by atoms with van der Waals surface area (Å²) in [4.78, 5) is 2.58. The minimum atomic E-state index is -3.56. The van der Waals surface area contributed by atoms with Gasteiger partial charge in [0, 0.05) is 7.05 Å². The lowest BCUT2D eigenvalue weighted by Crippen LogP contribution is -2.50. The summed E-state index contributed by atoms with van der Waals surface area (Å²) in [6, 6.07) is -0.0491. The zero-order chi connectivity index (χ0) is 15.0. The normalized spacial score (nSPS) is 27.5. The van der Waals surface area contributed by atoms with Gasteiger partial charge in [0.15, 0.2) is 0 Å². The lowest BCUT2D eigenvalue weighted by Gasteiger charge is -2.27. The molecule has 0 radical (unpaired) electrons. The van der Waals surface area contributed by atoms with Crippen molar-refractivity contribution in [2.24, 2.45) is 7.05 Å². The van der Waals surface area contributed by atoms with Crippen molar-refractivity contribution >= 4 is 10.0 Å². The Balaban J connectivity index is 1.77. The third-order valence-corrected chi connectivity index (χ3v) is 6.04. The molecular formula is C13H22N4O3S. The van der Waals surface area contributed by atoms with Crippen molar-refractivity contribution in [1.82, 2.24) is 19.4 Å². The van der Waals surface area contributed by atoms with Gasteiger partial charge in [0.05, 0.1) is 37.2 Å². The summed E-state index contributed by atoms with van der Waals surface area (Å²) in [5.41, 5.74) is 0.638. The monoisotopic (exact) mass is 314 g/mol. The van der Waals surface area contributed by atoms with Gasteiger partial charge in [-0.25, -0.2) is 13.1 Å². The topological polar surface area (TPSA) is 76.5 Å². The molecule has 1 N–H and O–H groups in total. The van der Waals surface area contributed by atoms with Crippen molar-refractivity contribution in [3.05, 3.63) is 11.9 Å². The van der Waals surface area contributed by atoms with E-state index in [0.717, 1.165) is 13.1 Å². The fourth-order valence-corrected chi connectivity index (χ4v) is 4.55. The van der Waals surface area contributed by atoms with E-state index in [1.807, 2.05) is 0 Å². The lowest BCUT2D eigenvalue weighted by molar-refractivity contribution is 0.159. The number of aryl methyl sites for hydroxylation is 1. The van der Waals surface area contributed by atoms with Crippen LogP contribution in [0.15, 0.2) is 11.1 Å². The molecule has 0 spiro atoms. The first kappa shape index (κ1) is 15.0. The van der Waals surface area contributed by atoms with Gasteiger partial charge in [-0.2, -0.15) is 5.10 Å². The summed E-state index contributed by atoms with van der Waals surface area (Å²) < 4.78 is 35.0. The Morgan fingerprint density at radius 3 is 2.67 bits per heavy atom. The predicted molar refractivity (Wildman–Crippen MR) is 77.5 cm³/mol. The molecule has 0 amide bonds. The van der Waals surface area contributed by atoms with Gasteiger partial charge in [0.2, 0.25) is 10.0 Å². The molecule has 7 nitrogen and oxygen atoms in total. The number of aromatic nitrogens is 2. The number of rotatable bonds is 4. The number of likely N-dealkylation sites (tertiary alicyclic amines) is 1.